The SMILES string of the molecule is Cc1ccccc1Cn1ncc([N+](=O)[O-])c1N. The van der Waals surface area contributed by atoms with Gasteiger partial charge in [0, 0.05) is 0 Å². The number of anilines is 1. The first-order chi connectivity index (χ1) is 8.09. The van der Waals surface area contributed by atoms with Crippen LogP contribution >= 0.6 is 0 Å². The third-order valence-electron chi connectivity index (χ3n) is 2.64. The molecule has 0 atom stereocenters. The van der Waals surface area contributed by atoms with Crippen LogP contribution in [0.1, 0.15) is 11.1 Å². The maximum atomic E-state index is 10.6. The van der Waals surface area contributed by atoms with E-state index in [1.807, 2.05) is 31.2 Å². The second kappa shape index (κ2) is 4.25. The average Bonchev–Trinajstić information content (AvgIpc) is 2.64. The van der Waals surface area contributed by atoms with Gasteiger partial charge in [-0.2, -0.15) is 5.10 Å². The van der Waals surface area contributed by atoms with Gasteiger partial charge in [-0.05, 0) is 18.1 Å². The van der Waals surface area contributed by atoms with Gasteiger partial charge in [0.25, 0.3) is 0 Å². The number of aromatic nitrogens is 2. The minimum absolute atomic E-state index is 0.0817. The van der Waals surface area contributed by atoms with Crippen molar-refractivity contribution in [3.63, 3.8) is 0 Å². The molecule has 0 aliphatic heterocycles. The zero-order valence-electron chi connectivity index (χ0n) is 9.33. The van der Waals surface area contributed by atoms with Gasteiger partial charge in [0.05, 0.1) is 11.5 Å². The number of rotatable bonds is 3. The molecule has 0 aliphatic rings. The van der Waals surface area contributed by atoms with E-state index in [4.69, 9.17) is 5.73 Å². The molecule has 0 amide bonds. The van der Waals surface area contributed by atoms with E-state index in [9.17, 15) is 10.1 Å². The molecule has 1 heterocycles. The van der Waals surface area contributed by atoms with E-state index in [-0.39, 0.29) is 11.5 Å². The quantitative estimate of drug-likeness (QED) is 0.644. The van der Waals surface area contributed by atoms with E-state index in [1.165, 1.54) is 10.9 Å². The number of nitro groups is 1. The molecule has 2 N–H and O–H groups in total. The molecule has 6 nitrogen and oxygen atoms in total. The van der Waals surface area contributed by atoms with Gasteiger partial charge in [0.1, 0.15) is 6.20 Å². The van der Waals surface area contributed by atoms with Crippen LogP contribution in [0.4, 0.5) is 11.5 Å². The Hall–Kier alpha value is -2.37. The third kappa shape index (κ3) is 2.10. The van der Waals surface area contributed by atoms with Gasteiger partial charge in [-0.3, -0.25) is 10.1 Å². The first-order valence-electron chi connectivity index (χ1n) is 5.10. The Balaban J connectivity index is 2.31. The molecule has 0 fully saturated rings. The van der Waals surface area contributed by atoms with Gasteiger partial charge < -0.3 is 5.73 Å². The van der Waals surface area contributed by atoms with E-state index in [2.05, 4.69) is 5.10 Å². The molecule has 2 rings (SSSR count). The summed E-state index contributed by atoms with van der Waals surface area (Å²) in [4.78, 5) is 10.1. The molecule has 0 spiro atoms. The van der Waals surface area contributed by atoms with Crippen molar-refractivity contribution in [3.8, 4) is 0 Å². The van der Waals surface area contributed by atoms with Crippen LogP contribution < -0.4 is 5.73 Å². The fourth-order valence-corrected chi connectivity index (χ4v) is 1.60. The normalized spacial score (nSPS) is 10.4. The summed E-state index contributed by atoms with van der Waals surface area (Å²) in [6.45, 7) is 2.41. The molecule has 0 unspecified atom stereocenters. The summed E-state index contributed by atoms with van der Waals surface area (Å²) in [6.07, 6.45) is 1.17. The number of hydrogen-bond acceptors (Lipinski definition) is 4. The topological polar surface area (TPSA) is 87.0 Å². The number of nitrogen functional groups attached to an aromatic ring is 1. The van der Waals surface area contributed by atoms with Gasteiger partial charge in [-0.1, -0.05) is 24.3 Å². The van der Waals surface area contributed by atoms with Crippen LogP contribution in [-0.4, -0.2) is 14.7 Å². The molecule has 1 aromatic heterocycles. The second-order valence-electron chi connectivity index (χ2n) is 3.76. The zero-order chi connectivity index (χ0) is 12.4. The molecule has 0 aliphatic carbocycles. The first-order valence-corrected chi connectivity index (χ1v) is 5.10. The van der Waals surface area contributed by atoms with E-state index >= 15 is 0 Å². The molecular formula is C11H12N4O2. The van der Waals surface area contributed by atoms with Gasteiger partial charge in [0.2, 0.25) is 5.82 Å². The van der Waals surface area contributed by atoms with Gasteiger partial charge in [0.15, 0.2) is 0 Å². The second-order valence-corrected chi connectivity index (χ2v) is 3.76. The van der Waals surface area contributed by atoms with Crippen LogP contribution in [0.2, 0.25) is 0 Å². The molecular weight excluding hydrogens is 220 g/mol. The van der Waals surface area contributed by atoms with Crippen LogP contribution in [0.25, 0.3) is 0 Å². The van der Waals surface area contributed by atoms with Crippen molar-refractivity contribution in [1.82, 2.24) is 9.78 Å². The summed E-state index contributed by atoms with van der Waals surface area (Å²) in [7, 11) is 0. The highest BCUT2D eigenvalue weighted by molar-refractivity contribution is 5.51. The lowest BCUT2D eigenvalue weighted by Crippen LogP contribution is -2.07. The number of nitrogens with zero attached hydrogens (tertiary/aromatic N) is 3. The molecule has 0 bridgehead atoms. The van der Waals surface area contributed by atoms with Crippen LogP contribution in [0.5, 0.6) is 0 Å². The monoisotopic (exact) mass is 232 g/mol. The van der Waals surface area contributed by atoms with Crippen molar-refractivity contribution in [2.24, 2.45) is 0 Å². The highest BCUT2D eigenvalue weighted by Crippen LogP contribution is 2.21. The molecule has 0 radical (unpaired) electrons. The molecule has 88 valence electrons. The minimum Gasteiger partial charge on any atom is -0.378 e. The lowest BCUT2D eigenvalue weighted by Gasteiger charge is -2.06. The predicted molar refractivity (Wildman–Crippen MR) is 63.6 cm³/mol. The maximum Gasteiger partial charge on any atom is 0.330 e. The average molecular weight is 232 g/mol. The maximum absolute atomic E-state index is 10.6. The van der Waals surface area contributed by atoms with E-state index in [0.717, 1.165) is 11.1 Å². The Morgan fingerprint density at radius 3 is 2.76 bits per heavy atom. The highest BCUT2D eigenvalue weighted by Gasteiger charge is 2.17. The number of aryl methyl sites for hydroxylation is 1. The summed E-state index contributed by atoms with van der Waals surface area (Å²) < 4.78 is 1.43. The van der Waals surface area contributed by atoms with Crippen LogP contribution in [0.15, 0.2) is 30.5 Å². The Morgan fingerprint density at radius 1 is 1.47 bits per heavy atom. The van der Waals surface area contributed by atoms with Gasteiger partial charge in [-0.25, -0.2) is 4.68 Å². The lowest BCUT2D eigenvalue weighted by atomic mass is 10.1. The standard InChI is InChI=1S/C11H12N4O2/c1-8-4-2-3-5-9(8)7-14-11(12)10(6-13-14)15(16)17/h2-6H,7,12H2,1H3. The van der Waals surface area contributed by atoms with Crippen molar-refractivity contribution in [3.05, 3.63) is 51.7 Å². The summed E-state index contributed by atoms with van der Waals surface area (Å²) in [5.41, 5.74) is 7.65. The van der Waals surface area contributed by atoms with Crippen LogP contribution in [0, 0.1) is 17.0 Å². The zero-order valence-corrected chi connectivity index (χ0v) is 9.33. The van der Waals surface area contributed by atoms with Crippen molar-refractivity contribution in [1.29, 1.82) is 0 Å². The molecule has 17 heavy (non-hydrogen) atoms. The number of nitrogens with two attached hydrogens (primary N) is 1. The Morgan fingerprint density at radius 2 is 2.18 bits per heavy atom. The van der Waals surface area contributed by atoms with Crippen molar-refractivity contribution < 1.29 is 4.92 Å². The van der Waals surface area contributed by atoms with E-state index in [1.54, 1.807) is 0 Å². The highest BCUT2D eigenvalue weighted by atomic mass is 16.6. The summed E-state index contributed by atoms with van der Waals surface area (Å²) >= 11 is 0. The Bertz CT molecular complexity index is 562. The molecule has 2 aromatic rings. The Labute approximate surface area is 97.8 Å². The molecule has 1 aromatic carbocycles. The smallest absolute Gasteiger partial charge is 0.330 e. The predicted octanol–water partition coefficient (Wildman–Crippen LogP) is 1.73. The van der Waals surface area contributed by atoms with Crippen molar-refractivity contribution in [2.75, 3.05) is 5.73 Å². The van der Waals surface area contributed by atoms with Crippen LogP contribution in [0.3, 0.4) is 0 Å². The molecule has 0 saturated carbocycles. The van der Waals surface area contributed by atoms with E-state index in [0.29, 0.717) is 6.54 Å². The summed E-state index contributed by atoms with van der Waals surface area (Å²) in [5, 5.41) is 14.6. The lowest BCUT2D eigenvalue weighted by molar-refractivity contribution is -0.384. The summed E-state index contributed by atoms with van der Waals surface area (Å²) in [5.74, 6) is 0.0817. The van der Waals surface area contributed by atoms with Gasteiger partial charge in [-0.15, -0.1) is 0 Å². The Kier molecular flexibility index (Phi) is 2.78. The molecule has 0 saturated heterocycles. The summed E-state index contributed by atoms with van der Waals surface area (Å²) in [6, 6.07) is 7.77. The first kappa shape index (κ1) is 11.1. The minimum atomic E-state index is -0.531. The number of hydrogen-bond donors (Lipinski definition) is 1. The largest absolute Gasteiger partial charge is 0.378 e. The van der Waals surface area contributed by atoms with Crippen molar-refractivity contribution in [2.45, 2.75) is 13.5 Å². The van der Waals surface area contributed by atoms with Crippen LogP contribution in [-0.2, 0) is 6.54 Å². The fourth-order valence-electron chi connectivity index (χ4n) is 1.60. The third-order valence-corrected chi connectivity index (χ3v) is 2.64. The fraction of sp³-hybridized carbons (Fsp3) is 0.182. The van der Waals surface area contributed by atoms with Gasteiger partial charge >= 0.3 is 5.69 Å². The molecule has 6 heteroatoms. The van der Waals surface area contributed by atoms with Crippen molar-refractivity contribution >= 4 is 11.5 Å². The van der Waals surface area contributed by atoms with E-state index < -0.39 is 4.92 Å². The number of benzene rings is 1.